The molecule has 1 aromatic rings. The highest BCUT2D eigenvalue weighted by Gasteiger charge is 2.49. The zero-order valence-corrected chi connectivity index (χ0v) is 11.3. The normalized spacial score (nSPS) is 36.2. The standard InChI is InChI=1S/C15H21BO2/c1-12-14-10-6-7-11-15(14,2)18-16(17-12)13-8-4-3-5-9-13/h3-5,8-9,12,14H,6-7,10-11H2,1-2H3/t12-,14+,15-/m0/s1. The van der Waals surface area contributed by atoms with E-state index < -0.39 is 0 Å². The van der Waals surface area contributed by atoms with Crippen molar-refractivity contribution < 1.29 is 9.31 Å². The molecule has 3 heteroatoms. The Kier molecular flexibility index (Phi) is 3.20. The second-order valence-electron chi connectivity index (χ2n) is 5.87. The smallest absolute Gasteiger partial charge is 0.404 e. The Bertz CT molecular complexity index is 408. The van der Waals surface area contributed by atoms with E-state index in [0.29, 0.717) is 5.92 Å². The lowest BCUT2D eigenvalue weighted by Gasteiger charge is -2.50. The molecule has 0 N–H and O–H groups in total. The van der Waals surface area contributed by atoms with E-state index in [1.807, 2.05) is 18.2 Å². The van der Waals surface area contributed by atoms with Crippen LogP contribution in [-0.4, -0.2) is 18.8 Å². The minimum atomic E-state index is -0.194. The van der Waals surface area contributed by atoms with E-state index in [2.05, 4.69) is 26.0 Å². The van der Waals surface area contributed by atoms with E-state index in [0.717, 1.165) is 11.9 Å². The first-order valence-corrected chi connectivity index (χ1v) is 7.07. The van der Waals surface area contributed by atoms with Crippen LogP contribution in [0.2, 0.25) is 0 Å². The molecule has 0 bridgehead atoms. The Morgan fingerprint density at radius 3 is 2.78 bits per heavy atom. The molecule has 2 aliphatic rings. The molecule has 96 valence electrons. The molecule has 18 heavy (non-hydrogen) atoms. The van der Waals surface area contributed by atoms with Gasteiger partial charge in [0.2, 0.25) is 0 Å². The van der Waals surface area contributed by atoms with Crippen molar-refractivity contribution in [3.8, 4) is 0 Å². The third-order valence-electron chi connectivity index (χ3n) is 4.58. The Morgan fingerprint density at radius 1 is 1.22 bits per heavy atom. The Labute approximate surface area is 110 Å². The molecule has 2 nitrogen and oxygen atoms in total. The van der Waals surface area contributed by atoms with Crippen molar-refractivity contribution in [2.45, 2.75) is 51.2 Å². The van der Waals surface area contributed by atoms with Crippen molar-refractivity contribution in [1.82, 2.24) is 0 Å². The quantitative estimate of drug-likeness (QED) is 0.707. The summed E-state index contributed by atoms with van der Waals surface area (Å²) in [5.41, 5.74) is 1.13. The number of hydrogen-bond acceptors (Lipinski definition) is 2. The van der Waals surface area contributed by atoms with Crippen LogP contribution in [0.5, 0.6) is 0 Å². The van der Waals surface area contributed by atoms with Crippen LogP contribution in [0.1, 0.15) is 39.5 Å². The van der Waals surface area contributed by atoms with Gasteiger partial charge in [0.25, 0.3) is 0 Å². The summed E-state index contributed by atoms with van der Waals surface area (Å²) in [5, 5.41) is 0. The molecule has 0 unspecified atom stereocenters. The fourth-order valence-electron chi connectivity index (χ4n) is 3.53. The summed E-state index contributed by atoms with van der Waals surface area (Å²) in [5.74, 6) is 0.547. The maximum absolute atomic E-state index is 6.31. The van der Waals surface area contributed by atoms with Crippen molar-refractivity contribution in [2.75, 3.05) is 0 Å². The number of rotatable bonds is 1. The largest absolute Gasteiger partial charge is 0.494 e. The van der Waals surface area contributed by atoms with Crippen LogP contribution in [0, 0.1) is 5.92 Å². The zero-order chi connectivity index (χ0) is 12.6. The van der Waals surface area contributed by atoms with Crippen molar-refractivity contribution >= 4 is 12.6 Å². The Balaban J connectivity index is 1.84. The minimum absolute atomic E-state index is 0.00355. The molecule has 0 amide bonds. The summed E-state index contributed by atoms with van der Waals surface area (Å²) in [6.45, 7) is 4.47. The third kappa shape index (κ3) is 2.10. The van der Waals surface area contributed by atoms with Crippen molar-refractivity contribution in [1.29, 1.82) is 0 Å². The van der Waals surface area contributed by atoms with Gasteiger partial charge in [-0.1, -0.05) is 43.2 Å². The highest BCUT2D eigenvalue weighted by molar-refractivity contribution is 6.61. The average Bonchev–Trinajstić information content (AvgIpc) is 2.39. The van der Waals surface area contributed by atoms with Crippen LogP contribution < -0.4 is 5.46 Å². The van der Waals surface area contributed by atoms with Gasteiger partial charge in [-0.3, -0.25) is 0 Å². The summed E-state index contributed by atoms with van der Waals surface area (Å²) in [6, 6.07) is 10.3. The second kappa shape index (κ2) is 4.71. The molecule has 1 aromatic carbocycles. The molecule has 0 aromatic heterocycles. The van der Waals surface area contributed by atoms with Crippen molar-refractivity contribution in [3.05, 3.63) is 30.3 Å². The summed E-state index contributed by atoms with van der Waals surface area (Å²) in [4.78, 5) is 0. The van der Waals surface area contributed by atoms with Gasteiger partial charge in [0.15, 0.2) is 0 Å². The molecule has 0 spiro atoms. The van der Waals surface area contributed by atoms with Gasteiger partial charge >= 0.3 is 7.12 Å². The molecule has 3 rings (SSSR count). The van der Waals surface area contributed by atoms with E-state index in [4.69, 9.17) is 9.31 Å². The molecule has 0 radical (unpaired) electrons. The topological polar surface area (TPSA) is 18.5 Å². The van der Waals surface area contributed by atoms with Crippen LogP contribution in [0.3, 0.4) is 0 Å². The zero-order valence-electron chi connectivity index (χ0n) is 11.3. The van der Waals surface area contributed by atoms with E-state index in [1.54, 1.807) is 0 Å². The lowest BCUT2D eigenvalue weighted by molar-refractivity contribution is -0.111. The van der Waals surface area contributed by atoms with Crippen LogP contribution >= 0.6 is 0 Å². The first-order valence-electron chi connectivity index (χ1n) is 7.07. The molecule has 1 saturated carbocycles. The summed E-state index contributed by atoms with van der Waals surface area (Å²) in [6.07, 6.45) is 5.27. The highest BCUT2D eigenvalue weighted by atomic mass is 16.6. The van der Waals surface area contributed by atoms with Crippen LogP contribution in [-0.2, 0) is 9.31 Å². The van der Waals surface area contributed by atoms with Gasteiger partial charge in [-0.25, -0.2) is 0 Å². The Morgan fingerprint density at radius 2 is 2.00 bits per heavy atom. The van der Waals surface area contributed by atoms with Gasteiger partial charge in [-0.15, -0.1) is 0 Å². The average molecular weight is 244 g/mol. The van der Waals surface area contributed by atoms with Gasteiger partial charge < -0.3 is 9.31 Å². The number of fused-ring (bicyclic) bond motifs is 1. The first kappa shape index (κ1) is 12.2. The predicted molar refractivity (Wildman–Crippen MR) is 73.8 cm³/mol. The summed E-state index contributed by atoms with van der Waals surface area (Å²) in [7, 11) is -0.194. The van der Waals surface area contributed by atoms with Crippen molar-refractivity contribution in [2.24, 2.45) is 5.92 Å². The van der Waals surface area contributed by atoms with Crippen LogP contribution in [0.4, 0.5) is 0 Å². The Hall–Kier alpha value is -0.795. The van der Waals surface area contributed by atoms with Crippen LogP contribution in [0.15, 0.2) is 30.3 Å². The molecule has 3 atom stereocenters. The maximum atomic E-state index is 6.31. The van der Waals surface area contributed by atoms with E-state index in [1.165, 1.54) is 19.3 Å². The molecule has 2 fully saturated rings. The van der Waals surface area contributed by atoms with Gasteiger partial charge in [0, 0.05) is 12.0 Å². The third-order valence-corrected chi connectivity index (χ3v) is 4.58. The van der Waals surface area contributed by atoms with Gasteiger partial charge in [0.1, 0.15) is 0 Å². The van der Waals surface area contributed by atoms with E-state index in [9.17, 15) is 0 Å². The SMILES string of the molecule is C[C@@H]1OB(c2ccccc2)O[C@@]2(C)CCCC[C@H]12. The summed E-state index contributed by atoms with van der Waals surface area (Å²) < 4.78 is 12.4. The molecule has 1 heterocycles. The predicted octanol–water partition coefficient (Wildman–Crippen LogP) is 2.77. The second-order valence-corrected chi connectivity index (χ2v) is 5.87. The maximum Gasteiger partial charge on any atom is 0.494 e. The summed E-state index contributed by atoms with van der Waals surface area (Å²) >= 11 is 0. The molecule has 1 aliphatic heterocycles. The fourth-order valence-corrected chi connectivity index (χ4v) is 3.53. The fraction of sp³-hybridized carbons (Fsp3) is 0.600. The highest BCUT2D eigenvalue weighted by Crippen LogP contribution is 2.42. The van der Waals surface area contributed by atoms with Gasteiger partial charge in [-0.05, 0) is 32.2 Å². The molecular formula is C15H21BO2. The van der Waals surface area contributed by atoms with Crippen LogP contribution in [0.25, 0.3) is 0 Å². The van der Waals surface area contributed by atoms with E-state index >= 15 is 0 Å². The minimum Gasteiger partial charge on any atom is -0.404 e. The molecule has 1 saturated heterocycles. The first-order chi connectivity index (χ1) is 8.69. The lowest BCUT2D eigenvalue weighted by Crippen LogP contribution is -2.59. The van der Waals surface area contributed by atoms with Gasteiger partial charge in [-0.2, -0.15) is 0 Å². The van der Waals surface area contributed by atoms with Gasteiger partial charge in [0.05, 0.1) is 5.60 Å². The van der Waals surface area contributed by atoms with E-state index in [-0.39, 0.29) is 18.8 Å². The monoisotopic (exact) mass is 244 g/mol. The number of hydrogen-bond donors (Lipinski definition) is 0. The molecular weight excluding hydrogens is 223 g/mol. The lowest BCUT2D eigenvalue weighted by atomic mass is 9.67. The molecule has 1 aliphatic carbocycles. The number of benzene rings is 1. The van der Waals surface area contributed by atoms with Crippen molar-refractivity contribution in [3.63, 3.8) is 0 Å².